The summed E-state index contributed by atoms with van der Waals surface area (Å²) in [4.78, 5) is 11.4. The van der Waals surface area contributed by atoms with Crippen LogP contribution in [-0.4, -0.2) is 39.0 Å². The number of anilines is 1. The summed E-state index contributed by atoms with van der Waals surface area (Å²) in [6.45, 7) is 4.00. The van der Waals surface area contributed by atoms with Crippen molar-refractivity contribution in [1.82, 2.24) is 10.2 Å². The predicted molar refractivity (Wildman–Crippen MR) is 74.9 cm³/mol. The molecular formula is C14H21N3O3. The molecule has 0 saturated heterocycles. The summed E-state index contributed by atoms with van der Waals surface area (Å²) >= 11 is 0. The highest BCUT2D eigenvalue weighted by atomic mass is 16.4. The van der Waals surface area contributed by atoms with Gasteiger partial charge in [-0.1, -0.05) is 12.8 Å². The first kappa shape index (κ1) is 14.7. The zero-order chi connectivity index (χ0) is 14.7. The molecule has 6 heteroatoms. The lowest BCUT2D eigenvalue weighted by Crippen LogP contribution is -2.31. The van der Waals surface area contributed by atoms with E-state index in [0.717, 1.165) is 25.7 Å². The van der Waals surface area contributed by atoms with Crippen molar-refractivity contribution in [2.45, 2.75) is 45.6 Å². The lowest BCUT2D eigenvalue weighted by molar-refractivity contribution is 0.0696. The predicted octanol–water partition coefficient (Wildman–Crippen LogP) is 1.75. The first-order valence-corrected chi connectivity index (χ1v) is 6.99. The van der Waals surface area contributed by atoms with E-state index in [9.17, 15) is 15.0 Å². The molecule has 1 aromatic rings. The van der Waals surface area contributed by atoms with Gasteiger partial charge in [0.25, 0.3) is 0 Å². The Morgan fingerprint density at radius 3 is 2.65 bits per heavy atom. The van der Waals surface area contributed by atoms with E-state index < -0.39 is 5.97 Å². The first-order chi connectivity index (χ1) is 9.50. The second kappa shape index (κ2) is 6.17. The highest BCUT2D eigenvalue weighted by molar-refractivity contribution is 5.94. The average molecular weight is 279 g/mol. The molecule has 1 heterocycles. The summed E-state index contributed by atoms with van der Waals surface area (Å²) in [7, 11) is 0. The molecule has 2 atom stereocenters. The topological polar surface area (TPSA) is 95.3 Å². The molecule has 1 saturated carbocycles. The molecule has 0 spiro atoms. The second-order valence-corrected chi connectivity index (χ2v) is 5.43. The van der Waals surface area contributed by atoms with Crippen molar-refractivity contribution in [3.05, 3.63) is 16.8 Å². The average Bonchev–Trinajstić information content (AvgIpc) is 2.41. The van der Waals surface area contributed by atoms with E-state index in [2.05, 4.69) is 15.5 Å². The number of carboxylic acid groups (broad SMARTS) is 1. The molecule has 1 fully saturated rings. The molecule has 2 rings (SSSR count). The first-order valence-electron chi connectivity index (χ1n) is 6.99. The Morgan fingerprint density at radius 2 is 2.00 bits per heavy atom. The molecule has 1 aliphatic carbocycles. The summed E-state index contributed by atoms with van der Waals surface area (Å²) in [5, 5.41) is 30.2. The van der Waals surface area contributed by atoms with Gasteiger partial charge in [0.2, 0.25) is 0 Å². The Morgan fingerprint density at radius 1 is 1.30 bits per heavy atom. The van der Waals surface area contributed by atoms with E-state index in [0.29, 0.717) is 23.6 Å². The van der Waals surface area contributed by atoms with Crippen LogP contribution in [0.4, 0.5) is 5.82 Å². The van der Waals surface area contributed by atoms with E-state index in [1.54, 1.807) is 13.8 Å². The normalized spacial score (nSPS) is 22.6. The number of aryl methyl sites for hydroxylation is 1. The van der Waals surface area contributed by atoms with Crippen LogP contribution < -0.4 is 5.32 Å². The molecule has 2 unspecified atom stereocenters. The largest absolute Gasteiger partial charge is 0.478 e. The Hall–Kier alpha value is -1.69. The Bertz CT molecular complexity index is 505. The molecule has 1 aromatic heterocycles. The highest BCUT2D eigenvalue weighted by Crippen LogP contribution is 2.25. The number of aliphatic hydroxyl groups excluding tert-OH is 1. The molecule has 0 amide bonds. The van der Waals surface area contributed by atoms with Crippen LogP contribution in [0.5, 0.6) is 0 Å². The minimum Gasteiger partial charge on any atom is -0.478 e. The monoisotopic (exact) mass is 279 g/mol. The number of carboxylic acids is 1. The number of aromatic carboxylic acids is 1. The smallest absolute Gasteiger partial charge is 0.339 e. The molecule has 0 aliphatic heterocycles. The fraction of sp³-hybridized carbons (Fsp3) is 0.643. The minimum atomic E-state index is -1.01. The second-order valence-electron chi connectivity index (χ2n) is 5.43. The molecule has 20 heavy (non-hydrogen) atoms. The maximum Gasteiger partial charge on any atom is 0.339 e. The number of rotatable bonds is 4. The SMILES string of the molecule is Cc1nnc(NCC2CCCCC2O)c(C(=O)O)c1C. The van der Waals surface area contributed by atoms with Gasteiger partial charge < -0.3 is 15.5 Å². The maximum atomic E-state index is 11.4. The van der Waals surface area contributed by atoms with Gasteiger partial charge in [0.1, 0.15) is 5.56 Å². The molecule has 1 aliphatic rings. The van der Waals surface area contributed by atoms with E-state index in [1.807, 2.05) is 0 Å². The number of aliphatic hydroxyl groups is 1. The number of aromatic nitrogens is 2. The highest BCUT2D eigenvalue weighted by Gasteiger charge is 2.24. The summed E-state index contributed by atoms with van der Waals surface area (Å²) in [6.07, 6.45) is 3.62. The third kappa shape index (κ3) is 3.07. The van der Waals surface area contributed by atoms with Crippen LogP contribution in [0.15, 0.2) is 0 Å². The summed E-state index contributed by atoms with van der Waals surface area (Å²) in [6, 6.07) is 0. The fourth-order valence-corrected chi connectivity index (χ4v) is 2.65. The van der Waals surface area contributed by atoms with E-state index in [1.165, 1.54) is 0 Å². The van der Waals surface area contributed by atoms with Gasteiger partial charge in [0.05, 0.1) is 11.8 Å². The van der Waals surface area contributed by atoms with Gasteiger partial charge in [-0.15, -0.1) is 5.10 Å². The third-order valence-corrected chi connectivity index (χ3v) is 4.07. The molecule has 0 bridgehead atoms. The Balaban J connectivity index is 2.13. The molecule has 0 radical (unpaired) electrons. The van der Waals surface area contributed by atoms with E-state index in [4.69, 9.17) is 0 Å². The van der Waals surface area contributed by atoms with Crippen LogP contribution >= 0.6 is 0 Å². The van der Waals surface area contributed by atoms with Crippen LogP contribution in [0.25, 0.3) is 0 Å². The number of nitrogens with zero attached hydrogens (tertiary/aromatic N) is 2. The molecule has 0 aromatic carbocycles. The number of hydrogen-bond donors (Lipinski definition) is 3. The van der Waals surface area contributed by atoms with Crippen molar-refractivity contribution >= 4 is 11.8 Å². The van der Waals surface area contributed by atoms with E-state index >= 15 is 0 Å². The molecule has 6 nitrogen and oxygen atoms in total. The summed E-state index contributed by atoms with van der Waals surface area (Å²) in [5.41, 5.74) is 1.41. The van der Waals surface area contributed by atoms with Crippen molar-refractivity contribution in [3.8, 4) is 0 Å². The maximum absolute atomic E-state index is 11.4. The van der Waals surface area contributed by atoms with Gasteiger partial charge in [0.15, 0.2) is 5.82 Å². The van der Waals surface area contributed by atoms with Crippen LogP contribution in [0.2, 0.25) is 0 Å². The van der Waals surface area contributed by atoms with Gasteiger partial charge >= 0.3 is 5.97 Å². The van der Waals surface area contributed by atoms with Crippen LogP contribution in [0.1, 0.15) is 47.3 Å². The molecule has 110 valence electrons. The van der Waals surface area contributed by atoms with Crippen LogP contribution in [0, 0.1) is 19.8 Å². The summed E-state index contributed by atoms with van der Waals surface area (Å²) in [5.74, 6) is -0.570. The van der Waals surface area contributed by atoms with Gasteiger partial charge in [-0.05, 0) is 32.3 Å². The molecular weight excluding hydrogens is 258 g/mol. The number of nitrogens with one attached hydrogen (secondary N) is 1. The lowest BCUT2D eigenvalue weighted by atomic mass is 9.86. The van der Waals surface area contributed by atoms with Crippen molar-refractivity contribution in [2.75, 3.05) is 11.9 Å². The van der Waals surface area contributed by atoms with Crippen molar-refractivity contribution in [3.63, 3.8) is 0 Å². The van der Waals surface area contributed by atoms with Crippen molar-refractivity contribution in [2.24, 2.45) is 5.92 Å². The van der Waals surface area contributed by atoms with Crippen molar-refractivity contribution < 1.29 is 15.0 Å². The van der Waals surface area contributed by atoms with Gasteiger partial charge in [0, 0.05) is 12.5 Å². The summed E-state index contributed by atoms with van der Waals surface area (Å²) < 4.78 is 0. The number of hydrogen-bond acceptors (Lipinski definition) is 5. The zero-order valence-corrected chi connectivity index (χ0v) is 11.9. The third-order valence-electron chi connectivity index (χ3n) is 4.07. The van der Waals surface area contributed by atoms with E-state index in [-0.39, 0.29) is 17.6 Å². The zero-order valence-electron chi connectivity index (χ0n) is 11.9. The fourth-order valence-electron chi connectivity index (χ4n) is 2.65. The van der Waals surface area contributed by atoms with Crippen molar-refractivity contribution in [1.29, 1.82) is 0 Å². The Kier molecular flexibility index (Phi) is 4.54. The quantitative estimate of drug-likeness (QED) is 0.777. The van der Waals surface area contributed by atoms with Gasteiger partial charge in [-0.2, -0.15) is 5.10 Å². The molecule has 3 N–H and O–H groups in total. The Labute approximate surface area is 118 Å². The van der Waals surface area contributed by atoms with Crippen LogP contribution in [-0.2, 0) is 0 Å². The lowest BCUT2D eigenvalue weighted by Gasteiger charge is -2.28. The standard InChI is InChI=1S/C14H21N3O3/c1-8-9(2)16-17-13(12(8)14(19)20)15-7-10-5-3-4-6-11(10)18/h10-11,18H,3-7H2,1-2H3,(H,15,17)(H,19,20). The van der Waals surface area contributed by atoms with Crippen LogP contribution in [0.3, 0.4) is 0 Å². The van der Waals surface area contributed by atoms with Gasteiger partial charge in [-0.25, -0.2) is 4.79 Å². The minimum absolute atomic E-state index is 0.147. The number of carbonyl (C=O) groups is 1. The van der Waals surface area contributed by atoms with Gasteiger partial charge in [-0.3, -0.25) is 0 Å².